The van der Waals surface area contributed by atoms with Crippen LogP contribution in [0.4, 0.5) is 11.6 Å². The van der Waals surface area contributed by atoms with Crippen LogP contribution in [-0.2, 0) is 5.41 Å². The van der Waals surface area contributed by atoms with Gasteiger partial charge in [0.1, 0.15) is 17.5 Å². The summed E-state index contributed by atoms with van der Waals surface area (Å²) in [5.41, 5.74) is 1.29. The van der Waals surface area contributed by atoms with Crippen LogP contribution in [0, 0.1) is 12.3 Å². The lowest BCUT2D eigenvalue weighted by Crippen LogP contribution is -2.25. The van der Waals surface area contributed by atoms with Gasteiger partial charge in [0, 0.05) is 24.1 Å². The molecule has 0 unspecified atom stereocenters. The second-order valence-corrected chi connectivity index (χ2v) is 7.52. The first-order valence-corrected chi connectivity index (χ1v) is 7.97. The molecular weight excluding hydrogens is 260 g/mol. The molecular formula is C17H32N4. The fraction of sp³-hybridized carbons (Fsp3) is 0.765. The van der Waals surface area contributed by atoms with Crippen LogP contribution < -0.4 is 10.6 Å². The van der Waals surface area contributed by atoms with Crippen molar-refractivity contribution in [2.24, 2.45) is 5.41 Å². The SMILES string of the molecule is CCNc1nc(C(C)(C)C)nc(NCC(C)(C)CC)c1C. The summed E-state index contributed by atoms with van der Waals surface area (Å²) in [6, 6.07) is 0. The Labute approximate surface area is 130 Å². The van der Waals surface area contributed by atoms with Gasteiger partial charge in [-0.25, -0.2) is 9.97 Å². The highest BCUT2D eigenvalue weighted by Crippen LogP contribution is 2.27. The summed E-state index contributed by atoms with van der Waals surface area (Å²) in [4.78, 5) is 9.46. The zero-order valence-corrected chi connectivity index (χ0v) is 15.0. The Kier molecular flexibility index (Phi) is 5.60. The Balaban J connectivity index is 3.14. The molecule has 0 spiro atoms. The number of hydrogen-bond acceptors (Lipinski definition) is 4. The van der Waals surface area contributed by atoms with E-state index < -0.39 is 0 Å². The van der Waals surface area contributed by atoms with E-state index in [0.29, 0.717) is 0 Å². The summed E-state index contributed by atoms with van der Waals surface area (Å²) >= 11 is 0. The summed E-state index contributed by atoms with van der Waals surface area (Å²) in [5, 5.41) is 6.87. The number of aromatic nitrogens is 2. The maximum atomic E-state index is 4.76. The van der Waals surface area contributed by atoms with E-state index in [1.807, 2.05) is 0 Å². The van der Waals surface area contributed by atoms with Crippen LogP contribution in [0.3, 0.4) is 0 Å². The van der Waals surface area contributed by atoms with Gasteiger partial charge >= 0.3 is 0 Å². The third-order valence-corrected chi connectivity index (χ3v) is 3.85. The van der Waals surface area contributed by atoms with E-state index in [-0.39, 0.29) is 10.8 Å². The maximum Gasteiger partial charge on any atom is 0.138 e. The smallest absolute Gasteiger partial charge is 0.138 e. The van der Waals surface area contributed by atoms with Crippen LogP contribution in [0.5, 0.6) is 0 Å². The van der Waals surface area contributed by atoms with Crippen molar-refractivity contribution in [1.82, 2.24) is 9.97 Å². The van der Waals surface area contributed by atoms with Crippen LogP contribution in [0.1, 0.15) is 66.3 Å². The minimum atomic E-state index is -0.0609. The molecule has 0 aliphatic heterocycles. The van der Waals surface area contributed by atoms with E-state index in [2.05, 4.69) is 66.0 Å². The molecule has 21 heavy (non-hydrogen) atoms. The van der Waals surface area contributed by atoms with Gasteiger partial charge in [0.05, 0.1) is 0 Å². The summed E-state index contributed by atoms with van der Waals surface area (Å²) in [6.45, 7) is 19.1. The van der Waals surface area contributed by atoms with E-state index in [1.54, 1.807) is 0 Å². The fourth-order valence-corrected chi connectivity index (χ4v) is 1.81. The summed E-state index contributed by atoms with van der Waals surface area (Å²) in [6.07, 6.45) is 1.14. The van der Waals surface area contributed by atoms with Gasteiger partial charge in [0.2, 0.25) is 0 Å². The molecule has 0 atom stereocenters. The minimum absolute atomic E-state index is 0.0609. The number of anilines is 2. The molecule has 1 aromatic rings. The van der Waals surface area contributed by atoms with E-state index in [9.17, 15) is 0 Å². The topological polar surface area (TPSA) is 49.8 Å². The second-order valence-electron chi connectivity index (χ2n) is 7.52. The second kappa shape index (κ2) is 6.63. The van der Waals surface area contributed by atoms with Crippen molar-refractivity contribution in [3.05, 3.63) is 11.4 Å². The Hall–Kier alpha value is -1.32. The van der Waals surface area contributed by atoms with Gasteiger partial charge in [-0.05, 0) is 25.7 Å². The number of nitrogens with zero attached hydrogens (tertiary/aromatic N) is 2. The molecule has 4 heteroatoms. The van der Waals surface area contributed by atoms with Crippen LogP contribution >= 0.6 is 0 Å². The molecule has 1 aromatic heterocycles. The van der Waals surface area contributed by atoms with E-state index in [0.717, 1.165) is 42.5 Å². The normalized spacial score (nSPS) is 12.4. The van der Waals surface area contributed by atoms with Gasteiger partial charge in [-0.15, -0.1) is 0 Å². The number of nitrogens with one attached hydrogen (secondary N) is 2. The van der Waals surface area contributed by atoms with E-state index >= 15 is 0 Å². The van der Waals surface area contributed by atoms with Gasteiger partial charge < -0.3 is 10.6 Å². The molecule has 0 aliphatic carbocycles. The molecule has 120 valence electrons. The average Bonchev–Trinajstić information content (AvgIpc) is 2.38. The minimum Gasteiger partial charge on any atom is -0.370 e. The molecule has 0 aromatic carbocycles. The highest BCUT2D eigenvalue weighted by atomic mass is 15.1. The van der Waals surface area contributed by atoms with Crippen LogP contribution in [-0.4, -0.2) is 23.1 Å². The zero-order valence-electron chi connectivity index (χ0n) is 15.0. The van der Waals surface area contributed by atoms with Crippen LogP contribution in [0.2, 0.25) is 0 Å². The number of hydrogen-bond donors (Lipinski definition) is 2. The van der Waals surface area contributed by atoms with Gasteiger partial charge in [-0.3, -0.25) is 0 Å². The quantitative estimate of drug-likeness (QED) is 0.818. The molecule has 0 fully saturated rings. The summed E-state index contributed by atoms with van der Waals surface area (Å²) in [5.74, 6) is 2.77. The monoisotopic (exact) mass is 292 g/mol. The molecule has 1 rings (SSSR count). The van der Waals surface area contributed by atoms with Crippen LogP contribution in [0.25, 0.3) is 0 Å². The third kappa shape index (κ3) is 4.87. The lowest BCUT2D eigenvalue weighted by atomic mass is 9.90. The van der Waals surface area contributed by atoms with Crippen molar-refractivity contribution in [3.8, 4) is 0 Å². The zero-order chi connectivity index (χ0) is 16.3. The van der Waals surface area contributed by atoms with Crippen molar-refractivity contribution >= 4 is 11.6 Å². The van der Waals surface area contributed by atoms with Crippen molar-refractivity contribution in [2.45, 2.75) is 67.2 Å². The lowest BCUT2D eigenvalue weighted by molar-refractivity contribution is 0.376. The van der Waals surface area contributed by atoms with Gasteiger partial charge in [0.25, 0.3) is 0 Å². The summed E-state index contributed by atoms with van der Waals surface area (Å²) < 4.78 is 0. The fourth-order valence-electron chi connectivity index (χ4n) is 1.81. The maximum absolute atomic E-state index is 4.76. The van der Waals surface area contributed by atoms with Crippen molar-refractivity contribution in [3.63, 3.8) is 0 Å². The molecule has 0 saturated carbocycles. The van der Waals surface area contributed by atoms with Gasteiger partial charge in [-0.1, -0.05) is 41.5 Å². The van der Waals surface area contributed by atoms with Crippen molar-refractivity contribution < 1.29 is 0 Å². The molecule has 0 amide bonds. The third-order valence-electron chi connectivity index (χ3n) is 3.85. The molecule has 1 heterocycles. The van der Waals surface area contributed by atoms with Crippen molar-refractivity contribution in [2.75, 3.05) is 23.7 Å². The van der Waals surface area contributed by atoms with E-state index in [4.69, 9.17) is 9.97 Å². The largest absolute Gasteiger partial charge is 0.370 e. The Morgan fingerprint density at radius 3 is 1.86 bits per heavy atom. The Morgan fingerprint density at radius 1 is 0.905 bits per heavy atom. The highest BCUT2D eigenvalue weighted by molar-refractivity contribution is 5.57. The summed E-state index contributed by atoms with van der Waals surface area (Å²) in [7, 11) is 0. The molecule has 0 aliphatic rings. The predicted octanol–water partition coefficient (Wildman–Crippen LogP) is 4.36. The first-order valence-electron chi connectivity index (χ1n) is 7.97. The number of rotatable bonds is 6. The first-order chi connectivity index (χ1) is 9.60. The van der Waals surface area contributed by atoms with E-state index in [1.165, 1.54) is 0 Å². The average molecular weight is 292 g/mol. The lowest BCUT2D eigenvalue weighted by Gasteiger charge is -2.26. The molecule has 0 radical (unpaired) electrons. The Bertz CT molecular complexity index is 472. The molecule has 2 N–H and O–H groups in total. The molecule has 0 bridgehead atoms. The highest BCUT2D eigenvalue weighted by Gasteiger charge is 2.22. The molecule has 4 nitrogen and oxygen atoms in total. The Morgan fingerprint density at radius 2 is 1.43 bits per heavy atom. The standard InChI is InChI=1S/C17H32N4/c1-9-17(7,8)11-19-14-12(3)13(18-10-2)20-15(21-14)16(4,5)6/h9-11H2,1-8H3,(H2,18,19,20,21). The predicted molar refractivity (Wildman–Crippen MR) is 92.2 cm³/mol. The van der Waals surface area contributed by atoms with Gasteiger partial charge in [-0.2, -0.15) is 0 Å². The van der Waals surface area contributed by atoms with Crippen molar-refractivity contribution in [1.29, 1.82) is 0 Å². The first kappa shape index (κ1) is 17.7. The van der Waals surface area contributed by atoms with Gasteiger partial charge in [0.15, 0.2) is 0 Å². The van der Waals surface area contributed by atoms with Crippen LogP contribution in [0.15, 0.2) is 0 Å². The molecule has 0 saturated heterocycles.